The Labute approximate surface area is 173 Å². The number of carbonyl (C=O) groups is 1. The fraction of sp³-hybridized carbons (Fsp3) is 0. The number of hydrogen-bond acceptors (Lipinski definition) is 3. The molecular formula is C18H10BrCl2NOS2. The zero-order valence-corrected chi connectivity index (χ0v) is 17.3. The van der Waals surface area contributed by atoms with Gasteiger partial charge in [0.05, 0.1) is 15.6 Å². The van der Waals surface area contributed by atoms with E-state index in [4.69, 9.17) is 35.4 Å². The van der Waals surface area contributed by atoms with E-state index in [-0.39, 0.29) is 5.91 Å². The van der Waals surface area contributed by atoms with Gasteiger partial charge in [0.2, 0.25) is 0 Å². The van der Waals surface area contributed by atoms with Crippen molar-refractivity contribution in [3.8, 4) is 0 Å². The minimum Gasteiger partial charge on any atom is -0.268 e. The third-order valence-electron chi connectivity index (χ3n) is 3.37. The van der Waals surface area contributed by atoms with Crippen molar-refractivity contribution in [1.29, 1.82) is 0 Å². The summed E-state index contributed by atoms with van der Waals surface area (Å²) in [6.07, 6.45) is 3.59. The van der Waals surface area contributed by atoms with Gasteiger partial charge in [-0.1, -0.05) is 93.4 Å². The molecule has 1 fully saturated rings. The summed E-state index contributed by atoms with van der Waals surface area (Å²) in [7, 11) is 0. The molecule has 0 aromatic heterocycles. The normalized spacial score (nSPS) is 16.8. The molecule has 2 aromatic carbocycles. The number of anilines is 1. The monoisotopic (exact) mass is 469 g/mol. The van der Waals surface area contributed by atoms with Gasteiger partial charge < -0.3 is 0 Å². The second kappa shape index (κ2) is 8.06. The summed E-state index contributed by atoms with van der Waals surface area (Å²) < 4.78 is 1.31. The highest BCUT2D eigenvalue weighted by Crippen LogP contribution is 2.39. The standard InChI is InChI=1S/C18H10BrCl2NOS2/c19-13(11-4-2-1-3-5-11)7-9-16-17(23)22(18(24)25-16)15-8-6-12(20)10-14(15)21/h1-10H. The molecule has 0 unspecified atom stereocenters. The van der Waals surface area contributed by atoms with Gasteiger partial charge in [0.1, 0.15) is 0 Å². The lowest BCUT2D eigenvalue weighted by molar-refractivity contribution is -0.113. The maximum Gasteiger partial charge on any atom is 0.270 e. The summed E-state index contributed by atoms with van der Waals surface area (Å²) in [6, 6.07) is 14.8. The number of nitrogens with zero attached hydrogens (tertiary/aromatic N) is 1. The van der Waals surface area contributed by atoms with Crippen molar-refractivity contribution in [2.24, 2.45) is 0 Å². The summed E-state index contributed by atoms with van der Waals surface area (Å²) in [4.78, 5) is 14.7. The quantitative estimate of drug-likeness (QED) is 0.368. The first kappa shape index (κ1) is 18.7. The van der Waals surface area contributed by atoms with E-state index in [2.05, 4.69) is 15.9 Å². The van der Waals surface area contributed by atoms with Crippen LogP contribution in [0.2, 0.25) is 10.0 Å². The minimum atomic E-state index is -0.205. The van der Waals surface area contributed by atoms with Crippen LogP contribution in [-0.4, -0.2) is 10.2 Å². The molecule has 0 spiro atoms. The van der Waals surface area contributed by atoms with E-state index in [1.54, 1.807) is 24.3 Å². The largest absolute Gasteiger partial charge is 0.270 e. The highest BCUT2D eigenvalue weighted by Gasteiger charge is 2.34. The first-order valence-electron chi connectivity index (χ1n) is 7.11. The highest BCUT2D eigenvalue weighted by molar-refractivity contribution is 9.15. The molecule has 0 N–H and O–H groups in total. The van der Waals surface area contributed by atoms with Gasteiger partial charge in [-0.3, -0.25) is 9.69 Å². The lowest BCUT2D eigenvalue weighted by Crippen LogP contribution is -2.27. The van der Waals surface area contributed by atoms with Crippen LogP contribution < -0.4 is 4.90 Å². The molecule has 0 atom stereocenters. The summed E-state index contributed by atoms with van der Waals surface area (Å²) >= 11 is 22.2. The third kappa shape index (κ3) is 4.18. The van der Waals surface area contributed by atoms with Crippen molar-refractivity contribution < 1.29 is 4.79 Å². The van der Waals surface area contributed by atoms with Crippen LogP contribution in [0.5, 0.6) is 0 Å². The number of thioether (sulfide) groups is 1. The van der Waals surface area contributed by atoms with Crippen LogP contribution in [0.1, 0.15) is 5.56 Å². The van der Waals surface area contributed by atoms with E-state index in [1.807, 2.05) is 36.4 Å². The molecule has 0 radical (unpaired) electrons. The molecule has 126 valence electrons. The smallest absolute Gasteiger partial charge is 0.268 e. The maximum atomic E-state index is 12.7. The first-order chi connectivity index (χ1) is 12.0. The molecule has 1 amide bonds. The number of amides is 1. The number of allylic oxidation sites excluding steroid dienone is 2. The van der Waals surface area contributed by atoms with E-state index in [9.17, 15) is 4.79 Å². The van der Waals surface area contributed by atoms with Gasteiger partial charge >= 0.3 is 0 Å². The Hall–Kier alpha value is -1.11. The third-order valence-corrected chi connectivity index (χ3v) is 5.96. The van der Waals surface area contributed by atoms with Crippen LogP contribution in [0, 0.1) is 0 Å². The molecule has 2 nitrogen and oxygen atoms in total. The van der Waals surface area contributed by atoms with Crippen LogP contribution in [0.4, 0.5) is 5.69 Å². The van der Waals surface area contributed by atoms with E-state index >= 15 is 0 Å². The molecule has 3 rings (SSSR count). The summed E-state index contributed by atoms with van der Waals surface area (Å²) in [5.41, 5.74) is 1.55. The fourth-order valence-electron chi connectivity index (χ4n) is 2.19. The van der Waals surface area contributed by atoms with Gasteiger partial charge in [0.25, 0.3) is 5.91 Å². The van der Waals surface area contributed by atoms with Gasteiger partial charge in [0, 0.05) is 9.51 Å². The summed E-state index contributed by atoms with van der Waals surface area (Å²) in [5.74, 6) is -0.205. The maximum absolute atomic E-state index is 12.7. The molecule has 7 heteroatoms. The molecule has 0 aliphatic carbocycles. The summed E-state index contributed by atoms with van der Waals surface area (Å²) in [6.45, 7) is 0. The molecular weight excluding hydrogens is 461 g/mol. The van der Waals surface area contributed by atoms with Gasteiger partial charge in [-0.15, -0.1) is 0 Å². The predicted octanol–water partition coefficient (Wildman–Crippen LogP) is 6.68. The topological polar surface area (TPSA) is 20.3 Å². The number of hydrogen-bond donors (Lipinski definition) is 0. The molecule has 25 heavy (non-hydrogen) atoms. The van der Waals surface area contributed by atoms with Crippen molar-refractivity contribution in [2.45, 2.75) is 0 Å². The molecule has 0 saturated carbocycles. The predicted molar refractivity (Wildman–Crippen MR) is 116 cm³/mol. The minimum absolute atomic E-state index is 0.205. The summed E-state index contributed by atoms with van der Waals surface area (Å²) in [5, 5.41) is 0.885. The van der Waals surface area contributed by atoms with Crippen molar-refractivity contribution in [3.63, 3.8) is 0 Å². The molecule has 2 aromatic rings. The molecule has 1 aliphatic rings. The van der Waals surface area contributed by atoms with Crippen molar-refractivity contribution in [2.75, 3.05) is 4.90 Å². The fourth-order valence-corrected chi connectivity index (χ4v) is 4.31. The molecule has 1 heterocycles. The number of rotatable bonds is 3. The van der Waals surface area contributed by atoms with Crippen LogP contribution >= 0.6 is 63.1 Å². The number of benzene rings is 2. The lowest BCUT2D eigenvalue weighted by atomic mass is 10.2. The van der Waals surface area contributed by atoms with Gasteiger partial charge in [-0.05, 0) is 35.9 Å². The van der Waals surface area contributed by atoms with Gasteiger partial charge in [-0.25, -0.2) is 0 Å². The zero-order valence-electron chi connectivity index (χ0n) is 12.6. The second-order valence-corrected chi connectivity index (χ2v) is 8.39. The Morgan fingerprint density at radius 1 is 1.16 bits per heavy atom. The van der Waals surface area contributed by atoms with E-state index < -0.39 is 0 Å². The van der Waals surface area contributed by atoms with Crippen LogP contribution in [0.3, 0.4) is 0 Å². The lowest BCUT2D eigenvalue weighted by Gasteiger charge is -2.16. The van der Waals surface area contributed by atoms with E-state index in [1.165, 1.54) is 16.7 Å². The second-order valence-electron chi connectivity index (χ2n) is 5.02. The zero-order chi connectivity index (χ0) is 18.0. The van der Waals surface area contributed by atoms with Crippen LogP contribution in [0.25, 0.3) is 4.48 Å². The number of thiocarbonyl (C=S) groups is 1. The van der Waals surface area contributed by atoms with Gasteiger partial charge in [0.15, 0.2) is 4.32 Å². The average molecular weight is 471 g/mol. The van der Waals surface area contributed by atoms with Crippen molar-refractivity contribution in [3.05, 3.63) is 81.2 Å². The number of carbonyl (C=O) groups excluding carboxylic acids is 1. The average Bonchev–Trinajstić information content (AvgIpc) is 2.88. The van der Waals surface area contributed by atoms with Gasteiger partial charge in [-0.2, -0.15) is 0 Å². The number of halogens is 3. The Balaban J connectivity index is 1.88. The van der Waals surface area contributed by atoms with E-state index in [0.717, 1.165) is 10.0 Å². The Kier molecular flexibility index (Phi) is 6.02. The molecule has 1 aliphatic heterocycles. The Morgan fingerprint density at radius 3 is 2.56 bits per heavy atom. The Bertz CT molecular complexity index is 913. The van der Waals surface area contributed by atoms with Crippen molar-refractivity contribution >= 4 is 83.5 Å². The molecule has 0 bridgehead atoms. The Morgan fingerprint density at radius 2 is 1.88 bits per heavy atom. The van der Waals surface area contributed by atoms with Crippen LogP contribution in [0.15, 0.2) is 65.6 Å². The molecule has 1 saturated heterocycles. The highest BCUT2D eigenvalue weighted by atomic mass is 79.9. The first-order valence-corrected chi connectivity index (χ1v) is 9.89. The van der Waals surface area contributed by atoms with E-state index in [0.29, 0.717) is 25.0 Å². The SMILES string of the molecule is O=C1C(=CC=C(Br)c2ccccc2)SC(=S)N1c1ccc(Cl)cc1Cl. The van der Waals surface area contributed by atoms with Crippen molar-refractivity contribution in [1.82, 2.24) is 0 Å². The van der Waals surface area contributed by atoms with Crippen LogP contribution in [-0.2, 0) is 4.79 Å².